The van der Waals surface area contributed by atoms with Crippen molar-refractivity contribution in [3.63, 3.8) is 0 Å². The van der Waals surface area contributed by atoms with Crippen LogP contribution in [0.5, 0.6) is 0 Å². The van der Waals surface area contributed by atoms with Crippen LogP contribution in [-0.2, 0) is 57.1 Å². The van der Waals surface area contributed by atoms with Gasteiger partial charge in [0.05, 0.1) is 18.8 Å². The predicted octanol–water partition coefficient (Wildman–Crippen LogP) is -0.874. The molecule has 8 bridgehead atoms. The normalized spacial score (nSPS) is 29.5. The molecule has 9 rings (SSSR count). The van der Waals surface area contributed by atoms with E-state index in [0.717, 1.165) is 70.3 Å². The van der Waals surface area contributed by atoms with Crippen LogP contribution in [0.25, 0.3) is 0 Å². The number of amides is 1. The number of alkyl halides is 3. The van der Waals surface area contributed by atoms with Crippen LogP contribution in [0.4, 0.5) is 0 Å². The van der Waals surface area contributed by atoms with Crippen LogP contribution in [0, 0.1) is 24.2 Å². The maximum absolute atomic E-state index is 10.8. The maximum atomic E-state index is 10.8. The Morgan fingerprint density at radius 1 is 0.792 bits per heavy atom. The second-order valence-electron chi connectivity index (χ2n) is 11.4. The summed E-state index contributed by atoms with van der Waals surface area (Å²) >= 11 is 13.1. The van der Waals surface area contributed by atoms with Crippen molar-refractivity contribution in [1.29, 1.82) is 0 Å². The summed E-state index contributed by atoms with van der Waals surface area (Å²) in [5.74, 6) is 5.17. The zero-order valence-electron chi connectivity index (χ0n) is 30.2. The van der Waals surface area contributed by atoms with Crippen LogP contribution >= 0.6 is 128 Å². The van der Waals surface area contributed by atoms with E-state index in [1.807, 2.05) is 22.6 Å². The fourth-order valence-electron chi connectivity index (χ4n) is 6.19. The van der Waals surface area contributed by atoms with Crippen LogP contribution in [0.15, 0.2) is 5.16 Å². The number of nitrogens with zero attached hydrogens (tertiary/aromatic N) is 5. The number of carbonyl (C=O) groups is 2. The standard InChI is InChI=1S/2C6H10N2O.C6H9NO.C5H10N2.CHI3.CH2I.CH3.Al.I2.Li.H3NO.H2O4S.2V.4H/c9-6-4-8-2-1-5(3-8)7-6;9-7-6-4-8-2-1-5(6)3-8;8-6-4-7-2-1-5(6)3-7;1-2-7-3-5(4-7)6-1;2-1(3)4;1-2;;;1-2;;1-2;1-5(2,3)4;;;;;;/h5H,1-4H2,(H,7,9);5,9H,1-4H2;5H,1-4H2;5-6H,1-4H2;1H;1H2;1H3;;;;2H,1H2;(H2,1,2,3,4);;;;;;/q;;;;;2*-1;;;+1;;;;;;;;-1/b;7-6+;;;;;;;;;;;;;;;;. The van der Waals surface area contributed by atoms with Crippen molar-refractivity contribution in [2.45, 2.75) is 31.3 Å². The first kappa shape index (κ1) is 69.6. The molecular formula is C26H54AlI6LiN8O8SV2-2. The average Bonchev–Trinajstić information content (AvgIpc) is 3.89. The Balaban J connectivity index is -0.0000000949. The van der Waals surface area contributed by atoms with Gasteiger partial charge in [0.25, 0.3) is 0 Å². The minimum Gasteiger partial charge on any atom is -1.00 e. The number of Topliss-reactive ketones (excluding diaryl/α,β-unsaturated/α-hetero) is 1. The second kappa shape index (κ2) is 40.9. The monoisotopic (exact) mass is 1540 g/mol. The first-order valence-corrected chi connectivity index (χ1v) is 27.7. The van der Waals surface area contributed by atoms with Gasteiger partial charge in [0.2, 0.25) is 5.91 Å². The summed E-state index contributed by atoms with van der Waals surface area (Å²) in [6.07, 6.45) is 3.46. The molecule has 1 amide bonds. The molecular weight excluding hydrogens is 1480 g/mol. The smallest absolute Gasteiger partial charge is 1.00 e. The summed E-state index contributed by atoms with van der Waals surface area (Å²) in [4.78, 5) is 34.0. The minimum absolute atomic E-state index is 0. The number of nitrogens with one attached hydrogen (secondary N) is 2. The summed E-state index contributed by atoms with van der Waals surface area (Å²) in [7, 11) is -4.67. The fourth-order valence-corrected chi connectivity index (χ4v) is 6.19. The van der Waals surface area contributed by atoms with Gasteiger partial charge in [-0.3, -0.25) is 43.2 Å². The quantitative estimate of drug-likeness (QED) is 0.0298. The molecule has 9 aliphatic heterocycles. The van der Waals surface area contributed by atoms with Gasteiger partial charge in [-0.15, -0.1) is 0 Å². The van der Waals surface area contributed by atoms with E-state index in [0.29, 0.717) is 30.2 Å². The van der Waals surface area contributed by atoms with Gasteiger partial charge in [-0.1, -0.05) is 72.9 Å². The van der Waals surface area contributed by atoms with E-state index in [-0.39, 0.29) is 88.1 Å². The maximum Gasteiger partial charge on any atom is 1.00 e. The average molecular weight is 1540 g/mol. The van der Waals surface area contributed by atoms with Gasteiger partial charge in [0, 0.05) is 157 Å². The number of hydrogen-bond donors (Lipinski definition) is 7. The molecule has 9 saturated heterocycles. The van der Waals surface area contributed by atoms with Crippen LogP contribution in [0.2, 0.25) is 0 Å². The molecule has 16 nitrogen and oxygen atoms in total. The van der Waals surface area contributed by atoms with Crippen molar-refractivity contribution in [3.05, 3.63) is 12.4 Å². The number of carbonyl (C=O) groups excluding carboxylic acids is 2. The molecule has 0 spiro atoms. The van der Waals surface area contributed by atoms with Gasteiger partial charge in [-0.2, -0.15) is 8.42 Å². The molecule has 9 fully saturated rings. The molecule has 27 heteroatoms. The van der Waals surface area contributed by atoms with Gasteiger partial charge < -0.3 is 52.5 Å². The summed E-state index contributed by atoms with van der Waals surface area (Å²) < 4.78 is 32.3. The summed E-state index contributed by atoms with van der Waals surface area (Å²) in [6.45, 7) is 14.1. The van der Waals surface area contributed by atoms with Crippen molar-refractivity contribution < 1.29 is 94.9 Å². The van der Waals surface area contributed by atoms with Crippen molar-refractivity contribution in [1.82, 2.24) is 30.2 Å². The van der Waals surface area contributed by atoms with Crippen LogP contribution in [-0.4, -0.2) is 179 Å². The summed E-state index contributed by atoms with van der Waals surface area (Å²) in [5, 5.41) is 24.5. The van der Waals surface area contributed by atoms with Crippen LogP contribution in [0.1, 0.15) is 20.7 Å². The van der Waals surface area contributed by atoms with E-state index in [1.54, 1.807) is 0 Å². The third kappa shape index (κ3) is 33.2. The Labute approximate surface area is 442 Å². The minimum atomic E-state index is -4.67. The molecule has 9 heterocycles. The molecule has 2 radical (unpaired) electrons. The van der Waals surface area contributed by atoms with Crippen molar-refractivity contribution in [2.75, 3.05) is 85.1 Å². The largest absolute Gasteiger partial charge is 1.00 e. The number of halogens is 6. The van der Waals surface area contributed by atoms with Gasteiger partial charge in [0.1, 0.15) is -0.0619 Å². The van der Waals surface area contributed by atoms with Gasteiger partial charge in [-0.25, -0.2) is 5.90 Å². The molecule has 0 aromatic carbocycles. The zero-order chi connectivity index (χ0) is 36.9. The van der Waals surface area contributed by atoms with Crippen molar-refractivity contribution in [2.24, 2.45) is 22.9 Å². The topological polar surface area (TPSA) is 225 Å². The molecule has 6 unspecified atom stereocenters. The molecule has 0 aromatic heterocycles. The van der Waals surface area contributed by atoms with Gasteiger partial charge in [0.15, 0.2) is 23.1 Å². The Bertz CT molecular complexity index is 1050. The Morgan fingerprint density at radius 3 is 1.43 bits per heavy atom. The number of piperidine rings is 2. The van der Waals surface area contributed by atoms with Gasteiger partial charge in [-0.05, 0) is 32.4 Å². The third-order valence-corrected chi connectivity index (χ3v) is 8.19. The van der Waals surface area contributed by atoms with E-state index in [2.05, 4.69) is 151 Å². The van der Waals surface area contributed by atoms with Crippen molar-refractivity contribution >= 4 is 173 Å². The SMILES string of the molecule is C1CN2CC(C2)N1.IC(I)I.II.NO.O/N=C1\CN2CCC1C2.O=C1CN2CCC(C2)N1.O=C1CN2CCC1C2.O=S(=O)(O)O.[AlH3].[CH2-]I.[CH3-].[H-].[Li+].[V].[V]. The molecule has 0 aliphatic carbocycles. The first-order chi connectivity index (χ1) is 22.8. The van der Waals surface area contributed by atoms with E-state index >= 15 is 0 Å². The zero-order valence-corrected chi connectivity index (χ0v) is 45.8. The molecule has 53 heavy (non-hydrogen) atoms. The number of oxime groups is 1. The number of nitrogens with two attached hydrogens (primary N) is 1. The Morgan fingerprint density at radius 2 is 1.21 bits per heavy atom. The summed E-state index contributed by atoms with van der Waals surface area (Å²) in [5.41, 5.74) is 0.987. The van der Waals surface area contributed by atoms with E-state index < -0.39 is 10.4 Å². The molecule has 6 atom stereocenters. The first-order valence-electron chi connectivity index (χ1n) is 14.7. The number of piperazine rings is 3. The predicted molar refractivity (Wildman–Crippen MR) is 255 cm³/mol. The van der Waals surface area contributed by atoms with Gasteiger partial charge >= 0.3 is 29.3 Å². The second-order valence-corrected chi connectivity index (χ2v) is 23.2. The van der Waals surface area contributed by atoms with E-state index in [9.17, 15) is 9.59 Å². The summed E-state index contributed by atoms with van der Waals surface area (Å²) in [6, 6.07) is 1.32. The third-order valence-electron chi connectivity index (χ3n) is 8.19. The number of hydrogen-bond acceptors (Lipinski definition) is 13. The number of rotatable bonds is 0. The number of ketones is 1. The fraction of sp³-hybridized carbons (Fsp3) is 0.808. The van der Waals surface area contributed by atoms with Crippen molar-refractivity contribution in [3.8, 4) is 0 Å². The van der Waals surface area contributed by atoms with Crippen LogP contribution in [0.3, 0.4) is 0 Å². The van der Waals surface area contributed by atoms with E-state index in [1.165, 1.54) is 39.1 Å². The molecule has 0 saturated carbocycles. The molecule has 9 aliphatic rings. The molecule has 0 aromatic rings. The number of fused-ring (bicyclic) bond motifs is 8. The van der Waals surface area contributed by atoms with Crippen LogP contribution < -0.4 is 35.4 Å². The molecule has 310 valence electrons. The van der Waals surface area contributed by atoms with E-state index in [4.69, 9.17) is 27.9 Å². The Hall–Kier alpha value is 4.88. The molecule has 8 N–H and O–H groups in total. The Kier molecular flexibility index (Phi) is 53.7.